The maximum absolute atomic E-state index is 12.8. The van der Waals surface area contributed by atoms with Crippen molar-refractivity contribution in [1.29, 1.82) is 0 Å². The van der Waals surface area contributed by atoms with Gasteiger partial charge in [0.1, 0.15) is 0 Å². The van der Waals surface area contributed by atoms with E-state index in [4.69, 9.17) is 5.73 Å². The largest absolute Gasteiger partial charge is 0.418 e. The van der Waals surface area contributed by atoms with E-state index in [0.29, 0.717) is 11.7 Å². The van der Waals surface area contributed by atoms with Gasteiger partial charge >= 0.3 is 6.18 Å². The lowest BCUT2D eigenvalue weighted by atomic mass is 10.1. The van der Waals surface area contributed by atoms with Crippen molar-refractivity contribution in [3.63, 3.8) is 0 Å². The zero-order chi connectivity index (χ0) is 14.2. The first-order valence-corrected chi connectivity index (χ1v) is 6.17. The molecule has 1 aromatic carbocycles. The van der Waals surface area contributed by atoms with Gasteiger partial charge in [0, 0.05) is 30.5 Å². The number of benzene rings is 1. The highest BCUT2D eigenvalue weighted by atomic mass is 19.4. The van der Waals surface area contributed by atoms with Crippen molar-refractivity contribution in [2.24, 2.45) is 0 Å². The quantitative estimate of drug-likeness (QED) is 0.840. The summed E-state index contributed by atoms with van der Waals surface area (Å²) in [6.07, 6.45) is -3.44. The minimum atomic E-state index is -4.40. The van der Waals surface area contributed by atoms with Crippen LogP contribution in [0.15, 0.2) is 18.2 Å². The fraction of sp³-hybridized carbons (Fsp3) is 0.538. The van der Waals surface area contributed by atoms with Gasteiger partial charge in [0.15, 0.2) is 0 Å². The average molecular weight is 273 g/mol. The summed E-state index contributed by atoms with van der Waals surface area (Å²) in [5.74, 6) is 0. The molecule has 1 aliphatic rings. The Balaban J connectivity index is 2.23. The number of rotatable bonds is 2. The van der Waals surface area contributed by atoms with Crippen molar-refractivity contribution in [2.75, 3.05) is 37.8 Å². The topological polar surface area (TPSA) is 32.5 Å². The Morgan fingerprint density at radius 3 is 2.53 bits per heavy atom. The molecule has 1 atom stereocenters. The maximum atomic E-state index is 12.8. The normalized spacial score (nSPS) is 20.3. The number of hydrogen-bond donors (Lipinski definition) is 1. The number of nitrogens with zero attached hydrogens (tertiary/aromatic N) is 2. The predicted octanol–water partition coefficient (Wildman–Crippen LogP) is 2.43. The van der Waals surface area contributed by atoms with Crippen LogP contribution in [0.25, 0.3) is 0 Å². The van der Waals surface area contributed by atoms with E-state index in [9.17, 15) is 13.2 Å². The molecule has 1 heterocycles. The molecule has 0 aliphatic carbocycles. The summed E-state index contributed by atoms with van der Waals surface area (Å²) < 4.78 is 38.4. The van der Waals surface area contributed by atoms with Gasteiger partial charge in [-0.1, -0.05) is 0 Å². The molecule has 1 saturated heterocycles. The fourth-order valence-corrected chi connectivity index (χ4v) is 2.38. The van der Waals surface area contributed by atoms with Crippen molar-refractivity contribution < 1.29 is 13.2 Å². The summed E-state index contributed by atoms with van der Waals surface area (Å²) in [6.45, 7) is 1.51. The summed E-state index contributed by atoms with van der Waals surface area (Å²) in [5.41, 5.74) is 5.02. The molecular weight excluding hydrogens is 255 g/mol. The predicted molar refractivity (Wildman–Crippen MR) is 70.2 cm³/mol. The minimum Gasteiger partial charge on any atom is -0.398 e. The SMILES string of the molecule is CN(C)C1CCN(c2ccc(N)c(C(F)(F)F)c2)C1. The average Bonchev–Trinajstić information content (AvgIpc) is 2.77. The summed E-state index contributed by atoms with van der Waals surface area (Å²) in [7, 11) is 3.97. The molecule has 0 aromatic heterocycles. The van der Waals surface area contributed by atoms with E-state index in [1.54, 1.807) is 6.07 Å². The van der Waals surface area contributed by atoms with Gasteiger partial charge in [0.25, 0.3) is 0 Å². The van der Waals surface area contributed by atoms with Crippen LogP contribution in [0.4, 0.5) is 24.5 Å². The van der Waals surface area contributed by atoms with Crippen molar-refractivity contribution in [1.82, 2.24) is 4.90 Å². The Bertz CT molecular complexity index is 457. The number of alkyl halides is 3. The number of anilines is 2. The van der Waals surface area contributed by atoms with Crippen LogP contribution in [0, 0.1) is 0 Å². The standard InChI is InChI=1S/C13H18F3N3/c1-18(2)10-5-6-19(8-10)9-3-4-12(17)11(7-9)13(14,15)16/h3-4,7,10H,5-6,8,17H2,1-2H3. The van der Waals surface area contributed by atoms with Gasteiger partial charge in [-0.05, 0) is 38.7 Å². The third-order valence-corrected chi connectivity index (χ3v) is 3.60. The highest BCUT2D eigenvalue weighted by molar-refractivity contribution is 5.60. The Kier molecular flexibility index (Phi) is 3.62. The number of hydrogen-bond acceptors (Lipinski definition) is 3. The maximum Gasteiger partial charge on any atom is 0.418 e. The highest BCUT2D eigenvalue weighted by Gasteiger charge is 2.34. The summed E-state index contributed by atoms with van der Waals surface area (Å²) in [6, 6.07) is 4.52. The first-order valence-electron chi connectivity index (χ1n) is 6.17. The monoisotopic (exact) mass is 273 g/mol. The molecule has 0 saturated carbocycles. The molecule has 0 radical (unpaired) electrons. The molecule has 2 rings (SSSR count). The molecular formula is C13H18F3N3. The van der Waals surface area contributed by atoms with Gasteiger partial charge < -0.3 is 15.5 Å². The lowest BCUT2D eigenvalue weighted by Crippen LogP contribution is -2.31. The van der Waals surface area contributed by atoms with Gasteiger partial charge in [0.2, 0.25) is 0 Å². The molecule has 1 aromatic rings. The molecule has 6 heteroatoms. The summed E-state index contributed by atoms with van der Waals surface area (Å²) in [4.78, 5) is 4.07. The zero-order valence-corrected chi connectivity index (χ0v) is 11.0. The Morgan fingerprint density at radius 2 is 2.00 bits per heavy atom. The highest BCUT2D eigenvalue weighted by Crippen LogP contribution is 2.36. The van der Waals surface area contributed by atoms with Crippen molar-refractivity contribution in [2.45, 2.75) is 18.6 Å². The van der Waals surface area contributed by atoms with E-state index < -0.39 is 11.7 Å². The smallest absolute Gasteiger partial charge is 0.398 e. The van der Waals surface area contributed by atoms with Gasteiger partial charge in [-0.25, -0.2) is 0 Å². The minimum absolute atomic E-state index is 0.223. The van der Waals surface area contributed by atoms with Crippen LogP contribution in [-0.4, -0.2) is 38.1 Å². The van der Waals surface area contributed by atoms with E-state index in [0.717, 1.165) is 25.6 Å². The molecule has 106 valence electrons. The summed E-state index contributed by atoms with van der Waals surface area (Å²) in [5, 5.41) is 0. The molecule has 19 heavy (non-hydrogen) atoms. The molecule has 0 spiro atoms. The van der Waals surface area contributed by atoms with Gasteiger partial charge in [-0.3, -0.25) is 0 Å². The molecule has 1 aliphatic heterocycles. The number of likely N-dealkylation sites (N-methyl/N-ethyl adjacent to an activating group) is 1. The second-order valence-corrected chi connectivity index (χ2v) is 5.12. The fourth-order valence-electron chi connectivity index (χ4n) is 2.38. The molecule has 3 nitrogen and oxygen atoms in total. The molecule has 0 amide bonds. The lowest BCUT2D eigenvalue weighted by molar-refractivity contribution is -0.136. The van der Waals surface area contributed by atoms with Gasteiger partial charge in [-0.2, -0.15) is 13.2 Å². The third-order valence-electron chi connectivity index (χ3n) is 3.60. The first kappa shape index (κ1) is 14.0. The van der Waals surface area contributed by atoms with Crippen LogP contribution in [0.1, 0.15) is 12.0 Å². The number of nitrogens with two attached hydrogens (primary N) is 1. The lowest BCUT2D eigenvalue weighted by Gasteiger charge is -2.23. The molecule has 2 N–H and O–H groups in total. The van der Waals surface area contributed by atoms with Crippen LogP contribution in [-0.2, 0) is 6.18 Å². The summed E-state index contributed by atoms with van der Waals surface area (Å²) >= 11 is 0. The van der Waals surface area contributed by atoms with Crippen LogP contribution in [0.2, 0.25) is 0 Å². The van der Waals surface area contributed by atoms with E-state index >= 15 is 0 Å². The zero-order valence-electron chi connectivity index (χ0n) is 11.0. The van der Waals surface area contributed by atoms with Gasteiger partial charge in [-0.15, -0.1) is 0 Å². The van der Waals surface area contributed by atoms with Crippen LogP contribution < -0.4 is 10.6 Å². The van der Waals surface area contributed by atoms with Gasteiger partial charge in [0.05, 0.1) is 5.56 Å². The van der Waals surface area contributed by atoms with E-state index in [2.05, 4.69) is 4.90 Å². The van der Waals surface area contributed by atoms with Crippen LogP contribution >= 0.6 is 0 Å². The van der Waals surface area contributed by atoms with Crippen molar-refractivity contribution in [3.05, 3.63) is 23.8 Å². The third kappa shape index (κ3) is 2.94. The van der Waals surface area contributed by atoms with Crippen molar-refractivity contribution >= 4 is 11.4 Å². The Labute approximate surface area is 110 Å². The van der Waals surface area contributed by atoms with E-state index in [1.165, 1.54) is 6.07 Å². The van der Waals surface area contributed by atoms with Crippen LogP contribution in [0.5, 0.6) is 0 Å². The van der Waals surface area contributed by atoms with Crippen molar-refractivity contribution in [3.8, 4) is 0 Å². The molecule has 0 bridgehead atoms. The molecule has 1 fully saturated rings. The molecule has 1 unspecified atom stereocenters. The number of halogens is 3. The Hall–Kier alpha value is -1.43. The van der Waals surface area contributed by atoms with E-state index in [-0.39, 0.29) is 5.69 Å². The van der Waals surface area contributed by atoms with Crippen LogP contribution in [0.3, 0.4) is 0 Å². The Morgan fingerprint density at radius 1 is 1.32 bits per heavy atom. The van der Waals surface area contributed by atoms with E-state index in [1.807, 2.05) is 19.0 Å². The second-order valence-electron chi connectivity index (χ2n) is 5.12. The first-order chi connectivity index (χ1) is 8.79. The second kappa shape index (κ2) is 4.92. The number of nitrogen functional groups attached to an aromatic ring is 1.